The Bertz CT molecular complexity index is 1080. The lowest BCUT2D eigenvalue weighted by Gasteiger charge is -2.35. The zero-order valence-electron chi connectivity index (χ0n) is 16.2. The molecule has 1 aromatic carbocycles. The third kappa shape index (κ3) is 6.31. The van der Waals surface area contributed by atoms with Crippen LogP contribution in [0.2, 0.25) is 0 Å². The molecule has 2 heterocycles. The van der Waals surface area contributed by atoms with E-state index in [9.17, 15) is 13.2 Å². The fourth-order valence-corrected chi connectivity index (χ4v) is 2.42. The summed E-state index contributed by atoms with van der Waals surface area (Å²) in [5, 5.41) is 3.54. The van der Waals surface area contributed by atoms with Crippen molar-refractivity contribution < 1.29 is 27.4 Å². The summed E-state index contributed by atoms with van der Waals surface area (Å²) in [7, 11) is 27.6. The van der Waals surface area contributed by atoms with E-state index in [1.807, 2.05) is 0 Å². The first-order valence-corrected chi connectivity index (χ1v) is 8.70. The van der Waals surface area contributed by atoms with Gasteiger partial charge in [0.15, 0.2) is 11.6 Å². The van der Waals surface area contributed by atoms with E-state index in [0.717, 1.165) is 12.1 Å². The number of alkyl halides is 2. The summed E-state index contributed by atoms with van der Waals surface area (Å²) in [5.41, 5.74) is 0.489. The molecule has 0 aliphatic heterocycles. The Balaban J connectivity index is 1.70. The molecule has 10 radical (unpaired) electrons. The molecule has 0 N–H and O–H groups in total. The predicted octanol–water partition coefficient (Wildman–Crippen LogP) is -0.0425. The highest BCUT2D eigenvalue weighted by Crippen LogP contribution is 2.23. The van der Waals surface area contributed by atoms with Crippen LogP contribution in [0.1, 0.15) is 11.4 Å². The van der Waals surface area contributed by atoms with Crippen LogP contribution in [-0.4, -0.2) is 76.1 Å². The molecule has 0 atom stereocenters. The molecule has 3 aromatic rings. The number of hydrogen-bond acceptors (Lipinski definition) is 7. The minimum Gasteiger partial charge on any atom is -0.457 e. The van der Waals surface area contributed by atoms with E-state index < -0.39 is 28.9 Å². The Morgan fingerprint density at radius 1 is 1.09 bits per heavy atom. The van der Waals surface area contributed by atoms with Gasteiger partial charge in [-0.15, -0.1) is 5.10 Å². The molecule has 0 amide bonds. The van der Waals surface area contributed by atoms with Crippen LogP contribution < -0.4 is 9.47 Å². The second-order valence-corrected chi connectivity index (χ2v) is 6.41. The topological polar surface area (TPSA) is 84.2 Å². The zero-order chi connectivity index (χ0) is 23.5. The number of nitrogens with zero attached hydrogens (tertiary/aromatic N) is 5. The van der Waals surface area contributed by atoms with Gasteiger partial charge in [-0.25, -0.2) is 14.1 Å². The zero-order valence-corrected chi connectivity index (χ0v) is 16.2. The van der Waals surface area contributed by atoms with Gasteiger partial charge in [-0.2, -0.15) is 13.8 Å². The second-order valence-electron chi connectivity index (χ2n) is 6.41. The molecule has 0 saturated carbocycles. The van der Waals surface area contributed by atoms with E-state index in [-0.39, 0.29) is 24.0 Å². The van der Waals surface area contributed by atoms with Gasteiger partial charge >= 0.3 is 12.6 Å². The van der Waals surface area contributed by atoms with E-state index in [2.05, 4.69) is 25.0 Å². The lowest BCUT2D eigenvalue weighted by molar-refractivity contribution is -0.0521. The first kappa shape index (κ1) is 23.8. The number of hydrogen-bond donors (Lipinski definition) is 0. The SMILES string of the molecule is [B]C([B])([B])OC([B])([B])c1ccnc(OCc2cn(-c3ccc(F)c(OC(F)F)c3)nn2)n1. The van der Waals surface area contributed by atoms with Crippen LogP contribution in [0.5, 0.6) is 11.8 Å². The molecule has 0 bridgehead atoms. The number of ether oxygens (including phenoxy) is 3. The molecule has 8 nitrogen and oxygen atoms in total. The number of benzene rings is 1. The summed E-state index contributed by atoms with van der Waals surface area (Å²) in [5.74, 6) is -1.59. The average Bonchev–Trinajstić information content (AvgIpc) is 3.15. The van der Waals surface area contributed by atoms with Crippen molar-refractivity contribution in [2.24, 2.45) is 0 Å². The molecule has 0 spiro atoms. The number of rotatable bonds is 9. The average molecular weight is 430 g/mol. The smallest absolute Gasteiger partial charge is 0.387 e. The van der Waals surface area contributed by atoms with E-state index in [0.29, 0.717) is 5.69 Å². The minimum atomic E-state index is -3.18. The van der Waals surface area contributed by atoms with Gasteiger partial charge in [0, 0.05) is 17.7 Å². The fourth-order valence-electron chi connectivity index (χ4n) is 2.42. The van der Waals surface area contributed by atoms with Crippen molar-refractivity contribution in [3.05, 3.63) is 53.9 Å². The van der Waals surface area contributed by atoms with Crippen LogP contribution in [-0.2, 0) is 16.7 Å². The first-order chi connectivity index (χ1) is 14.9. The lowest BCUT2D eigenvalue weighted by atomic mass is 9.50. The largest absolute Gasteiger partial charge is 0.457 e. The molecule has 3 rings (SSSR count). The maximum Gasteiger partial charge on any atom is 0.387 e. The summed E-state index contributed by atoms with van der Waals surface area (Å²) in [6.45, 7) is -3.33. The Morgan fingerprint density at radius 2 is 1.84 bits per heavy atom. The van der Waals surface area contributed by atoms with Gasteiger partial charge < -0.3 is 14.2 Å². The van der Waals surface area contributed by atoms with Gasteiger partial charge in [0.1, 0.15) is 28.0 Å². The highest BCUT2D eigenvalue weighted by molar-refractivity contribution is 6.58. The van der Waals surface area contributed by atoms with Crippen LogP contribution >= 0.6 is 0 Å². The van der Waals surface area contributed by atoms with Crippen LogP contribution in [0.4, 0.5) is 13.2 Å². The summed E-state index contributed by atoms with van der Waals surface area (Å²) >= 11 is 0. The van der Waals surface area contributed by atoms with E-state index in [4.69, 9.17) is 48.7 Å². The predicted molar refractivity (Wildman–Crippen MR) is 109 cm³/mol. The quantitative estimate of drug-likeness (QED) is 0.441. The van der Waals surface area contributed by atoms with Gasteiger partial charge in [-0.3, -0.25) is 0 Å². The number of aromatic nitrogens is 5. The summed E-state index contributed by atoms with van der Waals surface area (Å²) in [6, 6.07) is 4.49. The van der Waals surface area contributed by atoms with Gasteiger partial charge in [0.25, 0.3) is 0 Å². The third-order valence-electron chi connectivity index (χ3n) is 3.66. The summed E-state index contributed by atoms with van der Waals surface area (Å²) in [6.07, 6.45) is 2.70. The monoisotopic (exact) mass is 431 g/mol. The molecule has 0 saturated heterocycles. The minimum absolute atomic E-state index is 0.0326. The molecule has 32 heavy (non-hydrogen) atoms. The molecule has 2 aromatic heterocycles. The Labute approximate surface area is 187 Å². The van der Waals surface area contributed by atoms with Gasteiger partial charge in [-0.05, 0) is 23.5 Å². The highest BCUT2D eigenvalue weighted by atomic mass is 19.3. The molecular formula is C16H9B5F3N5O3. The van der Waals surface area contributed by atoms with Crippen molar-refractivity contribution in [3.8, 4) is 17.4 Å². The van der Waals surface area contributed by atoms with Gasteiger partial charge in [0.2, 0.25) is 0 Å². The maximum absolute atomic E-state index is 13.6. The fraction of sp³-hybridized carbons (Fsp3) is 0.250. The van der Waals surface area contributed by atoms with Gasteiger partial charge in [-0.1, -0.05) is 5.21 Å². The maximum atomic E-state index is 13.6. The van der Waals surface area contributed by atoms with Crippen molar-refractivity contribution in [2.75, 3.05) is 0 Å². The van der Waals surface area contributed by atoms with E-state index in [1.54, 1.807) is 0 Å². The van der Waals surface area contributed by atoms with E-state index in [1.165, 1.54) is 29.2 Å². The molecular weight excluding hydrogens is 421 g/mol. The van der Waals surface area contributed by atoms with Crippen LogP contribution in [0.3, 0.4) is 0 Å². The summed E-state index contributed by atoms with van der Waals surface area (Å²) in [4.78, 5) is 7.90. The van der Waals surface area contributed by atoms with Crippen LogP contribution in [0.15, 0.2) is 36.7 Å². The second kappa shape index (κ2) is 9.31. The number of halogens is 3. The lowest BCUT2D eigenvalue weighted by Crippen LogP contribution is -2.45. The normalized spacial score (nSPS) is 12.1. The van der Waals surface area contributed by atoms with E-state index >= 15 is 0 Å². The van der Waals surface area contributed by atoms with Gasteiger partial charge in [0.05, 0.1) is 41.1 Å². The molecule has 0 unspecified atom stereocenters. The molecule has 152 valence electrons. The van der Waals surface area contributed by atoms with Crippen LogP contribution in [0, 0.1) is 5.82 Å². The molecule has 0 aliphatic rings. The Morgan fingerprint density at radius 3 is 2.53 bits per heavy atom. The Hall–Kier alpha value is -2.89. The van der Waals surface area contributed by atoms with Crippen molar-refractivity contribution >= 4 is 39.2 Å². The van der Waals surface area contributed by atoms with Crippen molar-refractivity contribution in [1.82, 2.24) is 25.0 Å². The van der Waals surface area contributed by atoms with Crippen molar-refractivity contribution in [1.29, 1.82) is 0 Å². The molecule has 16 heteroatoms. The molecule has 0 fully saturated rings. The first-order valence-electron chi connectivity index (χ1n) is 8.70. The van der Waals surface area contributed by atoms with Crippen LogP contribution in [0.25, 0.3) is 5.69 Å². The Kier molecular flexibility index (Phi) is 6.92. The van der Waals surface area contributed by atoms with Crippen molar-refractivity contribution in [2.45, 2.75) is 23.9 Å². The molecule has 0 aliphatic carbocycles. The standard InChI is InChI=1S/C16H9B5F3N5O3/c17-15(18,32-16(19,20)21)12-3-4-25-14(26-12)30-7-8-6-29(28-27-8)9-1-2-10(22)11(5-9)31-13(23)24/h1-6,13H,7H2. The highest BCUT2D eigenvalue weighted by Gasteiger charge is 2.27. The summed E-state index contributed by atoms with van der Waals surface area (Å²) < 4.78 is 54.1. The van der Waals surface area contributed by atoms with Crippen molar-refractivity contribution in [3.63, 3.8) is 0 Å². The third-order valence-corrected chi connectivity index (χ3v) is 3.66.